The van der Waals surface area contributed by atoms with E-state index in [4.69, 9.17) is 0 Å². The average molecular weight is 438 g/mol. The van der Waals surface area contributed by atoms with Crippen LogP contribution in [-0.2, 0) is 6.54 Å². The summed E-state index contributed by atoms with van der Waals surface area (Å²) in [6, 6.07) is 0. The zero-order chi connectivity index (χ0) is 15.3. The summed E-state index contributed by atoms with van der Waals surface area (Å²) < 4.78 is 0. The maximum atomic E-state index is 10.1. The van der Waals surface area contributed by atoms with Crippen molar-refractivity contribution in [3.8, 4) is 0 Å². The molecular formula is C15H27IN4OS. The minimum atomic E-state index is -0.539. The maximum Gasteiger partial charge on any atom is 0.191 e. The molecule has 1 saturated carbocycles. The molecule has 1 aromatic heterocycles. The van der Waals surface area contributed by atoms with Crippen molar-refractivity contribution in [3.63, 3.8) is 0 Å². The molecule has 0 atom stereocenters. The second-order valence-corrected chi connectivity index (χ2v) is 6.89. The van der Waals surface area contributed by atoms with E-state index in [2.05, 4.69) is 39.8 Å². The molecule has 22 heavy (non-hydrogen) atoms. The lowest BCUT2D eigenvalue weighted by atomic mass is 9.80. The lowest BCUT2D eigenvalue weighted by molar-refractivity contribution is -0.0279. The third-order valence-electron chi connectivity index (χ3n) is 3.75. The van der Waals surface area contributed by atoms with E-state index in [0.29, 0.717) is 19.0 Å². The van der Waals surface area contributed by atoms with Crippen LogP contribution in [-0.4, -0.2) is 34.7 Å². The molecule has 3 N–H and O–H groups in total. The van der Waals surface area contributed by atoms with Gasteiger partial charge in [0.2, 0.25) is 0 Å². The summed E-state index contributed by atoms with van der Waals surface area (Å²) >= 11 is 1.65. The fourth-order valence-corrected chi connectivity index (χ4v) is 3.04. The molecule has 2 rings (SSSR count). The molecule has 5 nitrogen and oxygen atoms in total. The fourth-order valence-electron chi connectivity index (χ4n) is 2.16. The van der Waals surface area contributed by atoms with Gasteiger partial charge in [0.1, 0.15) is 5.01 Å². The van der Waals surface area contributed by atoms with Gasteiger partial charge in [0.15, 0.2) is 5.96 Å². The molecular weight excluding hydrogens is 411 g/mol. The summed E-state index contributed by atoms with van der Waals surface area (Å²) in [5, 5.41) is 19.7. The van der Waals surface area contributed by atoms with E-state index >= 15 is 0 Å². The first-order valence-electron chi connectivity index (χ1n) is 7.71. The lowest BCUT2D eigenvalue weighted by Gasteiger charge is -2.36. The fraction of sp³-hybridized carbons (Fsp3) is 0.733. The smallest absolute Gasteiger partial charge is 0.191 e. The van der Waals surface area contributed by atoms with Crippen LogP contribution in [0.4, 0.5) is 0 Å². The van der Waals surface area contributed by atoms with E-state index in [1.54, 1.807) is 11.3 Å². The van der Waals surface area contributed by atoms with Crippen LogP contribution in [0.2, 0.25) is 0 Å². The minimum absolute atomic E-state index is 0. The zero-order valence-electron chi connectivity index (χ0n) is 13.6. The summed E-state index contributed by atoms with van der Waals surface area (Å²) in [6.07, 6.45) is 2.87. The highest BCUT2D eigenvalue weighted by Gasteiger charge is 2.34. The monoisotopic (exact) mass is 438 g/mol. The number of guanidine groups is 1. The van der Waals surface area contributed by atoms with Crippen molar-refractivity contribution >= 4 is 41.3 Å². The molecule has 1 heterocycles. The average Bonchev–Trinajstić information content (AvgIpc) is 2.89. The number of aliphatic imine (C=N–C) groups is 1. The molecule has 1 aromatic rings. The Labute approximate surface area is 154 Å². The van der Waals surface area contributed by atoms with Gasteiger partial charge in [-0.3, -0.25) is 0 Å². The van der Waals surface area contributed by atoms with Crippen LogP contribution in [0.25, 0.3) is 0 Å². The van der Waals surface area contributed by atoms with Crippen molar-refractivity contribution in [3.05, 3.63) is 16.1 Å². The number of rotatable bonds is 6. The van der Waals surface area contributed by atoms with Gasteiger partial charge in [-0.25, -0.2) is 9.98 Å². The maximum absolute atomic E-state index is 10.1. The first-order valence-corrected chi connectivity index (χ1v) is 8.59. The molecule has 1 aliphatic rings. The number of halogens is 1. The van der Waals surface area contributed by atoms with Gasteiger partial charge in [-0.15, -0.1) is 35.3 Å². The summed E-state index contributed by atoms with van der Waals surface area (Å²) in [6.45, 7) is 8.27. The van der Waals surface area contributed by atoms with Crippen molar-refractivity contribution in [2.45, 2.75) is 58.1 Å². The van der Waals surface area contributed by atoms with Crippen molar-refractivity contribution < 1.29 is 5.11 Å². The van der Waals surface area contributed by atoms with E-state index in [1.165, 1.54) is 0 Å². The first-order chi connectivity index (χ1) is 10.0. The molecule has 0 aliphatic heterocycles. The highest BCUT2D eigenvalue weighted by Crippen LogP contribution is 2.30. The molecule has 1 fully saturated rings. The van der Waals surface area contributed by atoms with Crippen LogP contribution in [0.15, 0.2) is 10.4 Å². The normalized spacial score (nSPS) is 16.9. The largest absolute Gasteiger partial charge is 0.388 e. The highest BCUT2D eigenvalue weighted by atomic mass is 127. The van der Waals surface area contributed by atoms with E-state index < -0.39 is 5.60 Å². The van der Waals surface area contributed by atoms with E-state index in [9.17, 15) is 5.11 Å². The number of hydrogen-bond acceptors (Lipinski definition) is 4. The summed E-state index contributed by atoms with van der Waals surface area (Å²) in [5.74, 6) is 1.21. The Morgan fingerprint density at radius 1 is 1.45 bits per heavy atom. The van der Waals surface area contributed by atoms with Gasteiger partial charge in [-0.05, 0) is 32.1 Å². The van der Waals surface area contributed by atoms with Crippen molar-refractivity contribution in [2.24, 2.45) is 4.99 Å². The number of nitrogens with zero attached hydrogens (tertiary/aromatic N) is 2. The van der Waals surface area contributed by atoms with Crippen LogP contribution in [0, 0.1) is 0 Å². The first kappa shape index (κ1) is 19.6. The topological polar surface area (TPSA) is 69.5 Å². The predicted molar refractivity (Wildman–Crippen MR) is 103 cm³/mol. The Morgan fingerprint density at radius 2 is 2.18 bits per heavy atom. The number of aromatic nitrogens is 1. The second kappa shape index (κ2) is 9.02. The van der Waals surface area contributed by atoms with Gasteiger partial charge in [-0.2, -0.15) is 0 Å². The van der Waals surface area contributed by atoms with Crippen LogP contribution in [0.5, 0.6) is 0 Å². The highest BCUT2D eigenvalue weighted by molar-refractivity contribution is 14.0. The number of thiazole rings is 1. The minimum Gasteiger partial charge on any atom is -0.388 e. The van der Waals surface area contributed by atoms with Crippen molar-refractivity contribution in [1.29, 1.82) is 0 Å². The van der Waals surface area contributed by atoms with Crippen molar-refractivity contribution in [1.82, 2.24) is 15.6 Å². The Balaban J connectivity index is 0.00000242. The molecule has 0 radical (unpaired) electrons. The quantitative estimate of drug-likeness (QED) is 0.363. The summed E-state index contributed by atoms with van der Waals surface area (Å²) in [7, 11) is 0. The molecule has 0 amide bonds. The molecule has 126 valence electrons. The molecule has 0 unspecified atom stereocenters. The predicted octanol–water partition coefficient (Wildman–Crippen LogP) is 2.85. The van der Waals surface area contributed by atoms with Crippen LogP contribution in [0.1, 0.15) is 56.7 Å². The van der Waals surface area contributed by atoms with Crippen molar-refractivity contribution in [2.75, 3.05) is 13.1 Å². The third-order valence-corrected chi connectivity index (χ3v) is 4.60. The Morgan fingerprint density at radius 3 is 2.68 bits per heavy atom. The Bertz CT molecular complexity index is 486. The SMILES string of the molecule is CCNC(=NCc1nc(C(C)C)cs1)NCC1(O)CCC1.I. The van der Waals surface area contributed by atoms with E-state index in [-0.39, 0.29) is 24.0 Å². The standard InChI is InChI=1S/C15H26N4OS.HI/c1-4-16-14(18-10-15(20)6-5-7-15)17-8-13-19-12(9-21-13)11(2)3;/h9,11,20H,4-8,10H2,1-3H3,(H2,16,17,18);1H. The van der Waals surface area contributed by atoms with Crippen LogP contribution >= 0.6 is 35.3 Å². The summed E-state index contributed by atoms with van der Waals surface area (Å²) in [4.78, 5) is 9.13. The van der Waals surface area contributed by atoms with Crippen LogP contribution in [0.3, 0.4) is 0 Å². The van der Waals surface area contributed by atoms with Crippen LogP contribution < -0.4 is 10.6 Å². The molecule has 0 spiro atoms. The second-order valence-electron chi connectivity index (χ2n) is 5.95. The van der Waals surface area contributed by atoms with Gasteiger partial charge < -0.3 is 15.7 Å². The van der Waals surface area contributed by atoms with Gasteiger partial charge in [0, 0.05) is 18.5 Å². The van der Waals surface area contributed by atoms with Gasteiger partial charge >= 0.3 is 0 Å². The number of hydrogen-bond donors (Lipinski definition) is 3. The number of aliphatic hydroxyl groups is 1. The lowest BCUT2D eigenvalue weighted by Crippen LogP contribution is -2.50. The zero-order valence-corrected chi connectivity index (χ0v) is 16.7. The van der Waals surface area contributed by atoms with Gasteiger partial charge in [-0.1, -0.05) is 13.8 Å². The molecule has 0 saturated heterocycles. The molecule has 0 aromatic carbocycles. The third kappa shape index (κ3) is 5.66. The Hall–Kier alpha value is -0.410. The molecule has 0 bridgehead atoms. The van der Waals surface area contributed by atoms with E-state index in [1.807, 2.05) is 6.92 Å². The molecule has 1 aliphatic carbocycles. The van der Waals surface area contributed by atoms with Gasteiger partial charge in [0.05, 0.1) is 17.8 Å². The van der Waals surface area contributed by atoms with E-state index in [0.717, 1.165) is 42.5 Å². The van der Waals surface area contributed by atoms with Gasteiger partial charge in [0.25, 0.3) is 0 Å². The Kier molecular flexibility index (Phi) is 8.06. The number of nitrogens with one attached hydrogen (secondary N) is 2. The summed E-state index contributed by atoms with van der Waals surface area (Å²) in [5.41, 5.74) is 0.592. The molecule has 7 heteroatoms.